The highest BCUT2D eigenvalue weighted by Crippen LogP contribution is 2.36. The normalized spacial score (nSPS) is 24.5. The Kier molecular flexibility index (Phi) is 3.29. The van der Waals surface area contributed by atoms with Gasteiger partial charge in [-0.25, -0.2) is 0 Å². The third kappa shape index (κ3) is 2.09. The second kappa shape index (κ2) is 4.29. The molecule has 1 rings (SSSR count). The molecular formula is C11H14O4. The molecule has 4 heteroatoms. The number of carboxylic acids is 1. The van der Waals surface area contributed by atoms with Crippen LogP contribution < -0.4 is 0 Å². The second-order valence-electron chi connectivity index (χ2n) is 3.55. The van der Waals surface area contributed by atoms with Gasteiger partial charge < -0.3 is 9.84 Å². The Morgan fingerprint density at radius 2 is 2.27 bits per heavy atom. The van der Waals surface area contributed by atoms with Crippen molar-refractivity contribution in [3.8, 4) is 0 Å². The third-order valence-electron chi connectivity index (χ3n) is 2.70. The molecule has 0 radical (unpaired) electrons. The largest absolute Gasteiger partial charge is 0.480 e. The molecule has 4 nitrogen and oxygen atoms in total. The van der Waals surface area contributed by atoms with Gasteiger partial charge in [0.15, 0.2) is 0 Å². The van der Waals surface area contributed by atoms with E-state index in [1.165, 1.54) is 7.11 Å². The number of carbonyl (C=O) groups excluding carboxylic acids is 1. The summed E-state index contributed by atoms with van der Waals surface area (Å²) in [5, 5.41) is 9.20. The molecular weight excluding hydrogens is 196 g/mol. The molecule has 82 valence electrons. The maximum Gasteiger partial charge on any atom is 0.318 e. The zero-order chi connectivity index (χ0) is 11.5. The van der Waals surface area contributed by atoms with Crippen LogP contribution >= 0.6 is 0 Å². The molecule has 0 spiro atoms. The van der Waals surface area contributed by atoms with E-state index in [2.05, 4.69) is 4.74 Å². The quantitative estimate of drug-likeness (QED) is 0.566. The molecule has 0 amide bonds. The highest BCUT2D eigenvalue weighted by molar-refractivity contribution is 5.87. The molecule has 0 aliphatic heterocycles. The van der Waals surface area contributed by atoms with Gasteiger partial charge in [0, 0.05) is 0 Å². The molecule has 1 N–H and O–H groups in total. The number of carboxylic acid groups (broad SMARTS) is 1. The molecule has 0 fully saturated rings. The lowest BCUT2D eigenvalue weighted by molar-refractivity contribution is -0.152. The van der Waals surface area contributed by atoms with Crippen molar-refractivity contribution in [3.05, 3.63) is 23.8 Å². The summed E-state index contributed by atoms with van der Waals surface area (Å²) in [5.74, 6) is -1.53. The van der Waals surface area contributed by atoms with Crippen LogP contribution in [0, 0.1) is 5.41 Å². The van der Waals surface area contributed by atoms with E-state index >= 15 is 0 Å². The zero-order valence-electron chi connectivity index (χ0n) is 8.82. The van der Waals surface area contributed by atoms with E-state index in [0.29, 0.717) is 12.0 Å². The molecule has 0 bridgehead atoms. The molecule has 1 atom stereocenters. The number of hydrogen-bond acceptors (Lipinski definition) is 3. The van der Waals surface area contributed by atoms with E-state index < -0.39 is 17.4 Å². The lowest BCUT2D eigenvalue weighted by Gasteiger charge is -2.28. The minimum atomic E-state index is -1.22. The molecule has 0 saturated carbocycles. The fourth-order valence-corrected chi connectivity index (χ4v) is 1.64. The number of rotatable bonds is 3. The molecule has 1 unspecified atom stereocenters. The summed E-state index contributed by atoms with van der Waals surface area (Å²) >= 11 is 0. The van der Waals surface area contributed by atoms with Gasteiger partial charge in [-0.05, 0) is 13.3 Å². The molecule has 0 aromatic heterocycles. The number of allylic oxidation sites excluding steroid dienone is 2. The number of carbonyl (C=O) groups is 2. The van der Waals surface area contributed by atoms with E-state index in [9.17, 15) is 14.7 Å². The Morgan fingerprint density at radius 1 is 1.60 bits per heavy atom. The minimum absolute atomic E-state index is 0.155. The topological polar surface area (TPSA) is 63.6 Å². The SMILES string of the molecule is COC(=O)CC1(C(=O)O)C=CCC=C1C. The standard InChI is InChI=1S/C11H14O4/c1-8-5-3-4-6-11(8,10(13)14)7-9(12)15-2/h4-6H,3,7H2,1-2H3,(H,13,14). The van der Waals surface area contributed by atoms with E-state index in [-0.39, 0.29) is 6.42 Å². The number of ether oxygens (including phenoxy) is 1. The van der Waals surface area contributed by atoms with Crippen molar-refractivity contribution in [2.45, 2.75) is 19.8 Å². The van der Waals surface area contributed by atoms with Crippen LogP contribution in [0.15, 0.2) is 23.8 Å². The smallest absolute Gasteiger partial charge is 0.318 e. The fourth-order valence-electron chi connectivity index (χ4n) is 1.64. The van der Waals surface area contributed by atoms with E-state index in [1.807, 2.05) is 6.08 Å². The lowest BCUT2D eigenvalue weighted by atomic mass is 9.75. The van der Waals surface area contributed by atoms with E-state index in [1.54, 1.807) is 19.1 Å². The second-order valence-corrected chi connectivity index (χ2v) is 3.55. The summed E-state index contributed by atoms with van der Waals surface area (Å²) < 4.78 is 4.51. The first-order valence-electron chi connectivity index (χ1n) is 4.68. The first kappa shape index (κ1) is 11.5. The summed E-state index contributed by atoms with van der Waals surface area (Å²) in [7, 11) is 1.25. The summed E-state index contributed by atoms with van der Waals surface area (Å²) in [6.07, 6.45) is 5.70. The van der Waals surface area contributed by atoms with Crippen LogP contribution in [0.2, 0.25) is 0 Å². The summed E-state index contributed by atoms with van der Waals surface area (Å²) in [4.78, 5) is 22.4. The maximum atomic E-state index is 11.2. The summed E-state index contributed by atoms with van der Waals surface area (Å²) in [6.45, 7) is 1.72. The van der Waals surface area contributed by atoms with Gasteiger partial charge in [0.1, 0.15) is 5.41 Å². The highest BCUT2D eigenvalue weighted by Gasteiger charge is 2.41. The molecule has 1 aliphatic rings. The summed E-state index contributed by atoms with van der Waals surface area (Å²) in [5.41, 5.74) is -0.534. The van der Waals surface area contributed by atoms with Gasteiger partial charge >= 0.3 is 11.9 Å². The first-order valence-corrected chi connectivity index (χ1v) is 4.68. The Morgan fingerprint density at radius 3 is 2.73 bits per heavy atom. The first-order chi connectivity index (χ1) is 7.03. The van der Waals surface area contributed by atoms with Crippen molar-refractivity contribution < 1.29 is 19.4 Å². The number of esters is 1. The van der Waals surface area contributed by atoms with Crippen molar-refractivity contribution >= 4 is 11.9 Å². The van der Waals surface area contributed by atoms with Crippen LogP contribution in [0.4, 0.5) is 0 Å². The van der Waals surface area contributed by atoms with Crippen molar-refractivity contribution in [1.82, 2.24) is 0 Å². The molecule has 0 aromatic carbocycles. The van der Waals surface area contributed by atoms with Gasteiger partial charge in [-0.15, -0.1) is 0 Å². The molecule has 0 aromatic rings. The average molecular weight is 210 g/mol. The zero-order valence-corrected chi connectivity index (χ0v) is 8.82. The van der Waals surface area contributed by atoms with Crippen molar-refractivity contribution in [1.29, 1.82) is 0 Å². The molecule has 1 aliphatic carbocycles. The van der Waals surface area contributed by atoms with E-state index in [4.69, 9.17) is 0 Å². The Balaban J connectivity index is 3.03. The fraction of sp³-hybridized carbons (Fsp3) is 0.455. The van der Waals surface area contributed by atoms with Gasteiger partial charge in [-0.1, -0.05) is 23.8 Å². The monoisotopic (exact) mass is 210 g/mol. The van der Waals surface area contributed by atoms with Crippen LogP contribution in [0.5, 0.6) is 0 Å². The van der Waals surface area contributed by atoms with Crippen molar-refractivity contribution in [2.75, 3.05) is 7.11 Å². The van der Waals surface area contributed by atoms with Crippen molar-refractivity contribution in [2.24, 2.45) is 5.41 Å². The number of hydrogen-bond donors (Lipinski definition) is 1. The minimum Gasteiger partial charge on any atom is -0.480 e. The van der Waals surface area contributed by atoms with Crippen LogP contribution in [0.1, 0.15) is 19.8 Å². The Labute approximate surface area is 88.2 Å². The van der Waals surface area contributed by atoms with Gasteiger partial charge in [0.25, 0.3) is 0 Å². The van der Waals surface area contributed by atoms with Gasteiger partial charge in [-0.2, -0.15) is 0 Å². The van der Waals surface area contributed by atoms with Gasteiger partial charge in [0.2, 0.25) is 0 Å². The van der Waals surface area contributed by atoms with Gasteiger partial charge in [0.05, 0.1) is 13.5 Å². The van der Waals surface area contributed by atoms with E-state index in [0.717, 1.165) is 0 Å². The maximum absolute atomic E-state index is 11.2. The number of aliphatic carboxylic acids is 1. The molecule has 0 heterocycles. The summed E-state index contributed by atoms with van der Waals surface area (Å²) in [6, 6.07) is 0. The average Bonchev–Trinajstić information content (AvgIpc) is 2.21. The number of methoxy groups -OCH3 is 1. The Bertz CT molecular complexity index is 340. The van der Waals surface area contributed by atoms with Crippen molar-refractivity contribution in [3.63, 3.8) is 0 Å². The van der Waals surface area contributed by atoms with Crippen LogP contribution in [-0.4, -0.2) is 24.2 Å². The lowest BCUT2D eigenvalue weighted by Crippen LogP contribution is -2.34. The predicted molar refractivity (Wildman–Crippen MR) is 54.2 cm³/mol. The third-order valence-corrected chi connectivity index (χ3v) is 2.70. The van der Waals surface area contributed by atoms with Crippen LogP contribution in [0.3, 0.4) is 0 Å². The Hall–Kier alpha value is -1.58. The van der Waals surface area contributed by atoms with Crippen LogP contribution in [-0.2, 0) is 14.3 Å². The van der Waals surface area contributed by atoms with Gasteiger partial charge in [-0.3, -0.25) is 9.59 Å². The molecule has 15 heavy (non-hydrogen) atoms. The highest BCUT2D eigenvalue weighted by atomic mass is 16.5. The molecule has 0 saturated heterocycles. The predicted octanol–water partition coefficient (Wildman–Crippen LogP) is 1.53. The van der Waals surface area contributed by atoms with Crippen LogP contribution in [0.25, 0.3) is 0 Å².